The molecule has 16 heavy (non-hydrogen) atoms. The summed E-state index contributed by atoms with van der Waals surface area (Å²) < 4.78 is 0. The molecule has 2 aromatic heterocycles. The lowest BCUT2D eigenvalue weighted by molar-refractivity contribution is 0.730. The monoisotopic (exact) mass is 217 g/mol. The Morgan fingerprint density at radius 2 is 2.06 bits per heavy atom. The highest BCUT2D eigenvalue weighted by Crippen LogP contribution is 2.23. The predicted octanol–water partition coefficient (Wildman–Crippen LogP) is 3.56. The highest BCUT2D eigenvalue weighted by molar-refractivity contribution is 5.76. The molecule has 0 fully saturated rings. The lowest BCUT2D eigenvalue weighted by Crippen LogP contribution is -1.97. The van der Waals surface area contributed by atoms with Gasteiger partial charge in [-0.3, -0.25) is 4.98 Å². The summed E-state index contributed by atoms with van der Waals surface area (Å²) in [5.74, 6) is 0.489. The number of hydrogen-bond acceptors (Lipinski definition) is 3. The van der Waals surface area contributed by atoms with Crippen LogP contribution in [0.2, 0.25) is 0 Å². The topological polar surface area (TPSA) is 38.7 Å². The number of pyridine rings is 1. The lowest BCUT2D eigenvalue weighted by atomic mass is 9.99. The summed E-state index contributed by atoms with van der Waals surface area (Å²) in [5.41, 5.74) is 3.06. The van der Waals surface area contributed by atoms with Crippen molar-refractivity contribution >= 4 is 11.0 Å². The molecule has 0 amide bonds. The van der Waals surface area contributed by atoms with Crippen LogP contribution in [0, 0.1) is 0 Å². The minimum absolute atomic E-state index is 0.489. The molecule has 0 aliphatic rings. The van der Waals surface area contributed by atoms with Crippen LogP contribution in [-0.2, 0) is 0 Å². The maximum atomic E-state index is 4.35. The second-order valence-electron chi connectivity index (χ2n) is 3.48. The average Bonchev–Trinajstić information content (AvgIpc) is 2.39. The number of hydrogen-bond donors (Lipinski definition) is 0. The fourth-order valence-electron chi connectivity index (χ4n) is 1.49. The molecule has 2 rings (SSSR count). The van der Waals surface area contributed by atoms with E-state index in [0.29, 0.717) is 5.92 Å². The van der Waals surface area contributed by atoms with Crippen LogP contribution in [-0.4, -0.2) is 15.2 Å². The number of fused-ring (bicyclic) bond motifs is 1. The van der Waals surface area contributed by atoms with Gasteiger partial charge in [-0.05, 0) is 24.5 Å². The van der Waals surface area contributed by atoms with E-state index in [1.165, 1.54) is 5.56 Å². The van der Waals surface area contributed by atoms with Gasteiger partial charge >= 0.3 is 0 Å². The van der Waals surface area contributed by atoms with Gasteiger partial charge in [0.15, 0.2) is 0 Å². The van der Waals surface area contributed by atoms with Crippen LogP contribution in [0.25, 0.3) is 11.0 Å². The first kappa shape index (κ1) is 12.6. The van der Waals surface area contributed by atoms with E-state index in [4.69, 9.17) is 0 Å². The Labute approximate surface area is 96.9 Å². The summed E-state index contributed by atoms with van der Waals surface area (Å²) in [6.07, 6.45) is 4.72. The third-order valence-electron chi connectivity index (χ3n) is 2.57. The predicted molar refractivity (Wildman–Crippen MR) is 67.4 cm³/mol. The van der Waals surface area contributed by atoms with Crippen molar-refractivity contribution in [1.82, 2.24) is 15.2 Å². The van der Waals surface area contributed by atoms with Crippen LogP contribution in [0.3, 0.4) is 0 Å². The zero-order valence-electron chi connectivity index (χ0n) is 10.4. The van der Waals surface area contributed by atoms with Gasteiger partial charge in [0.05, 0.1) is 11.7 Å². The van der Waals surface area contributed by atoms with Crippen LogP contribution in [0.15, 0.2) is 24.5 Å². The molecule has 0 aliphatic carbocycles. The van der Waals surface area contributed by atoms with Gasteiger partial charge in [0, 0.05) is 11.8 Å². The summed E-state index contributed by atoms with van der Waals surface area (Å²) in [5, 5.41) is 8.04. The molecule has 0 radical (unpaired) electrons. The Bertz CT molecular complexity index is 435. The SMILES string of the molecule is CC.CCC(C)c1cnnc2cccnc12. The van der Waals surface area contributed by atoms with E-state index in [0.717, 1.165) is 17.5 Å². The van der Waals surface area contributed by atoms with Crippen molar-refractivity contribution in [2.45, 2.75) is 40.0 Å². The zero-order chi connectivity index (χ0) is 12.0. The van der Waals surface area contributed by atoms with Gasteiger partial charge in [0.2, 0.25) is 0 Å². The zero-order valence-corrected chi connectivity index (χ0v) is 10.4. The number of aromatic nitrogens is 3. The minimum Gasteiger partial charge on any atom is -0.254 e. The summed E-state index contributed by atoms with van der Waals surface area (Å²) in [7, 11) is 0. The average molecular weight is 217 g/mol. The molecule has 0 saturated carbocycles. The lowest BCUT2D eigenvalue weighted by Gasteiger charge is -2.09. The molecule has 1 unspecified atom stereocenters. The molecule has 0 aromatic carbocycles. The van der Waals surface area contributed by atoms with Crippen LogP contribution >= 0.6 is 0 Å². The molecule has 0 aliphatic heterocycles. The van der Waals surface area contributed by atoms with Crippen molar-refractivity contribution in [3.63, 3.8) is 0 Å². The maximum Gasteiger partial charge on any atom is 0.112 e. The molecule has 86 valence electrons. The Balaban J connectivity index is 0.000000606. The Kier molecular flexibility index (Phi) is 4.83. The summed E-state index contributed by atoms with van der Waals surface area (Å²) in [6, 6.07) is 3.83. The van der Waals surface area contributed by atoms with E-state index in [2.05, 4.69) is 29.0 Å². The van der Waals surface area contributed by atoms with Crippen molar-refractivity contribution < 1.29 is 0 Å². The van der Waals surface area contributed by atoms with Crippen LogP contribution < -0.4 is 0 Å². The smallest absolute Gasteiger partial charge is 0.112 e. The van der Waals surface area contributed by atoms with Gasteiger partial charge in [0.25, 0.3) is 0 Å². The molecule has 0 saturated heterocycles. The first-order valence-corrected chi connectivity index (χ1v) is 5.89. The van der Waals surface area contributed by atoms with E-state index in [1.807, 2.05) is 32.2 Å². The minimum atomic E-state index is 0.489. The van der Waals surface area contributed by atoms with E-state index in [1.54, 1.807) is 6.20 Å². The van der Waals surface area contributed by atoms with E-state index in [9.17, 15) is 0 Å². The fourth-order valence-corrected chi connectivity index (χ4v) is 1.49. The first-order valence-electron chi connectivity index (χ1n) is 5.89. The molecule has 0 spiro atoms. The molecule has 0 bridgehead atoms. The molecule has 2 heterocycles. The van der Waals surface area contributed by atoms with Crippen molar-refractivity contribution in [2.24, 2.45) is 0 Å². The maximum absolute atomic E-state index is 4.35. The van der Waals surface area contributed by atoms with Gasteiger partial charge in [0.1, 0.15) is 5.52 Å². The van der Waals surface area contributed by atoms with Crippen molar-refractivity contribution in [3.8, 4) is 0 Å². The summed E-state index contributed by atoms with van der Waals surface area (Å²) in [6.45, 7) is 8.35. The summed E-state index contributed by atoms with van der Waals surface area (Å²) in [4.78, 5) is 4.35. The van der Waals surface area contributed by atoms with Crippen molar-refractivity contribution in [3.05, 3.63) is 30.1 Å². The van der Waals surface area contributed by atoms with Gasteiger partial charge < -0.3 is 0 Å². The largest absolute Gasteiger partial charge is 0.254 e. The normalized spacial score (nSPS) is 11.8. The van der Waals surface area contributed by atoms with Crippen molar-refractivity contribution in [1.29, 1.82) is 0 Å². The highest BCUT2D eigenvalue weighted by atomic mass is 15.1. The van der Waals surface area contributed by atoms with Crippen LogP contribution in [0.5, 0.6) is 0 Å². The third-order valence-corrected chi connectivity index (χ3v) is 2.57. The second kappa shape index (κ2) is 6.16. The molecule has 3 heteroatoms. The molecule has 2 aromatic rings. The van der Waals surface area contributed by atoms with Gasteiger partial charge in [-0.15, -0.1) is 5.10 Å². The van der Waals surface area contributed by atoms with Gasteiger partial charge in [-0.1, -0.05) is 27.7 Å². The van der Waals surface area contributed by atoms with Crippen LogP contribution in [0.4, 0.5) is 0 Å². The van der Waals surface area contributed by atoms with Crippen molar-refractivity contribution in [2.75, 3.05) is 0 Å². The second-order valence-corrected chi connectivity index (χ2v) is 3.48. The first-order chi connectivity index (χ1) is 7.83. The Hall–Kier alpha value is -1.51. The molecular weight excluding hydrogens is 198 g/mol. The third kappa shape index (κ3) is 2.54. The fraction of sp³-hybridized carbons (Fsp3) is 0.462. The highest BCUT2D eigenvalue weighted by Gasteiger charge is 2.09. The number of nitrogens with zero attached hydrogens (tertiary/aromatic N) is 3. The van der Waals surface area contributed by atoms with E-state index >= 15 is 0 Å². The Morgan fingerprint density at radius 3 is 2.75 bits per heavy atom. The van der Waals surface area contributed by atoms with E-state index < -0.39 is 0 Å². The molecular formula is C13H19N3. The summed E-state index contributed by atoms with van der Waals surface area (Å²) >= 11 is 0. The van der Waals surface area contributed by atoms with Gasteiger partial charge in [-0.2, -0.15) is 5.10 Å². The quantitative estimate of drug-likeness (QED) is 0.772. The van der Waals surface area contributed by atoms with Crippen LogP contribution in [0.1, 0.15) is 45.6 Å². The van der Waals surface area contributed by atoms with Gasteiger partial charge in [-0.25, -0.2) is 0 Å². The molecule has 0 N–H and O–H groups in total. The Morgan fingerprint density at radius 1 is 1.31 bits per heavy atom. The number of rotatable bonds is 2. The van der Waals surface area contributed by atoms with E-state index in [-0.39, 0.29) is 0 Å². The standard InChI is InChI=1S/C11H13N3.C2H6/c1-3-8(2)9-7-13-14-10-5-4-6-12-11(9)10;1-2/h4-8H,3H2,1-2H3;1-2H3. The molecule has 3 nitrogen and oxygen atoms in total. The molecule has 1 atom stereocenters.